The molecular weight excluding hydrogens is 305 g/mol. The van der Waals surface area contributed by atoms with Crippen LogP contribution in [-0.2, 0) is 11.4 Å². The monoisotopic (exact) mass is 325 g/mol. The maximum Gasteiger partial charge on any atom is 0.136 e. The Morgan fingerprint density at radius 2 is 2.00 bits per heavy atom. The first-order valence-electron chi connectivity index (χ1n) is 6.90. The largest absolute Gasteiger partial charge is 0.598 e. The molecule has 0 aliphatic carbocycles. The molecule has 0 spiro atoms. The molecule has 2 N–H and O–H groups in total. The molecule has 1 aromatic heterocycles. The summed E-state index contributed by atoms with van der Waals surface area (Å²) in [5.41, 5.74) is 1.42. The summed E-state index contributed by atoms with van der Waals surface area (Å²) in [5, 5.41) is 13.7. The summed E-state index contributed by atoms with van der Waals surface area (Å²) < 4.78 is 29.1. The fourth-order valence-corrected chi connectivity index (χ4v) is 2.59. The van der Waals surface area contributed by atoms with E-state index in [1.54, 1.807) is 29.2 Å². The van der Waals surface area contributed by atoms with Gasteiger partial charge in [-0.3, -0.25) is 0 Å². The van der Waals surface area contributed by atoms with Gasteiger partial charge in [0.25, 0.3) is 0 Å². The highest BCUT2D eigenvalue weighted by molar-refractivity contribution is 7.90. The van der Waals surface area contributed by atoms with Crippen LogP contribution in [0.25, 0.3) is 5.69 Å². The average Bonchev–Trinajstić information content (AvgIpc) is 2.93. The molecule has 0 amide bonds. The second kappa shape index (κ2) is 6.78. The smallest absolute Gasteiger partial charge is 0.136 e. The average molecular weight is 325 g/mol. The van der Waals surface area contributed by atoms with E-state index < -0.39 is 22.2 Å². The first kappa shape index (κ1) is 17.0. The van der Waals surface area contributed by atoms with Gasteiger partial charge in [-0.2, -0.15) is 5.10 Å². The van der Waals surface area contributed by atoms with Gasteiger partial charge in [0, 0.05) is 23.1 Å². The summed E-state index contributed by atoms with van der Waals surface area (Å²) in [6.07, 6.45) is 3.32. The molecule has 0 fully saturated rings. The van der Waals surface area contributed by atoms with Crippen molar-refractivity contribution in [3.05, 3.63) is 48.0 Å². The van der Waals surface area contributed by atoms with Gasteiger partial charge in [0.2, 0.25) is 0 Å². The van der Waals surface area contributed by atoms with Crippen LogP contribution >= 0.6 is 0 Å². The zero-order valence-corrected chi connectivity index (χ0v) is 13.6. The molecule has 0 saturated heterocycles. The van der Waals surface area contributed by atoms with E-state index in [0.29, 0.717) is 11.3 Å². The lowest BCUT2D eigenvalue weighted by Gasteiger charge is -2.26. The second-order valence-corrected chi connectivity index (χ2v) is 7.93. The molecule has 1 heterocycles. The molecule has 7 heteroatoms. The number of aliphatic hydroxyl groups excluding tert-OH is 1. The Labute approximate surface area is 132 Å². The fourth-order valence-electron chi connectivity index (χ4n) is 1.77. The fraction of sp³-hybridized carbons (Fsp3) is 0.400. The molecule has 22 heavy (non-hydrogen) atoms. The van der Waals surface area contributed by atoms with E-state index in [1.165, 1.54) is 12.1 Å². The molecule has 0 aliphatic rings. The predicted molar refractivity (Wildman–Crippen MR) is 84.4 cm³/mol. The van der Waals surface area contributed by atoms with Gasteiger partial charge in [-0.25, -0.2) is 9.07 Å². The van der Waals surface area contributed by atoms with Gasteiger partial charge in [-0.15, -0.1) is 4.72 Å². The van der Waals surface area contributed by atoms with Crippen molar-refractivity contribution in [3.63, 3.8) is 0 Å². The number of rotatable bonds is 5. The highest BCUT2D eigenvalue weighted by atomic mass is 32.2. The van der Waals surface area contributed by atoms with E-state index in [4.69, 9.17) is 0 Å². The van der Waals surface area contributed by atoms with Gasteiger partial charge in [0.05, 0.1) is 18.5 Å². The third-order valence-corrected chi connectivity index (χ3v) is 4.70. The van der Waals surface area contributed by atoms with Gasteiger partial charge in [-0.1, -0.05) is 0 Å². The number of nitrogens with one attached hydrogen (secondary N) is 1. The topological polar surface area (TPSA) is 73.1 Å². The lowest BCUT2D eigenvalue weighted by molar-refractivity contribution is 0.258. The van der Waals surface area contributed by atoms with Crippen LogP contribution in [0.1, 0.15) is 32.4 Å². The summed E-state index contributed by atoms with van der Waals surface area (Å²) in [7, 11) is 0. The SMILES string of the molecule is CC(C)(C)[S@@+]([O-])N[C@@H](CO)c1cnn(-c2ccc(F)cc2)c1. The zero-order valence-electron chi connectivity index (χ0n) is 12.8. The molecule has 2 rings (SSSR count). The number of hydrogen-bond donors (Lipinski definition) is 2. The van der Waals surface area contributed by atoms with Gasteiger partial charge in [-0.05, 0) is 45.0 Å². The van der Waals surface area contributed by atoms with Crippen molar-refractivity contribution in [1.82, 2.24) is 14.5 Å². The molecule has 2 aromatic rings. The van der Waals surface area contributed by atoms with Crippen LogP contribution in [0.15, 0.2) is 36.7 Å². The number of benzene rings is 1. The second-order valence-electron chi connectivity index (χ2n) is 5.93. The molecule has 2 atom stereocenters. The van der Waals surface area contributed by atoms with E-state index in [-0.39, 0.29) is 12.4 Å². The number of nitrogens with zero attached hydrogens (tertiary/aromatic N) is 2. The van der Waals surface area contributed by atoms with Crippen LogP contribution in [0.4, 0.5) is 4.39 Å². The van der Waals surface area contributed by atoms with Crippen LogP contribution in [0.5, 0.6) is 0 Å². The Kier molecular flexibility index (Phi) is 5.23. The number of halogens is 1. The van der Waals surface area contributed by atoms with Crippen molar-refractivity contribution in [2.75, 3.05) is 6.61 Å². The van der Waals surface area contributed by atoms with Gasteiger partial charge in [0.15, 0.2) is 0 Å². The molecule has 0 saturated carbocycles. The zero-order chi connectivity index (χ0) is 16.3. The van der Waals surface area contributed by atoms with Crippen molar-refractivity contribution < 1.29 is 14.0 Å². The van der Waals surface area contributed by atoms with E-state index >= 15 is 0 Å². The van der Waals surface area contributed by atoms with Crippen LogP contribution < -0.4 is 4.72 Å². The summed E-state index contributed by atoms with van der Waals surface area (Å²) in [6, 6.07) is 5.45. The Bertz CT molecular complexity index is 610. The van der Waals surface area contributed by atoms with Crippen LogP contribution in [0.2, 0.25) is 0 Å². The summed E-state index contributed by atoms with van der Waals surface area (Å²) in [6.45, 7) is 5.36. The minimum absolute atomic E-state index is 0.197. The Morgan fingerprint density at radius 3 is 2.55 bits per heavy atom. The number of aliphatic hydroxyl groups is 1. The van der Waals surface area contributed by atoms with E-state index in [1.807, 2.05) is 20.8 Å². The molecule has 1 aromatic carbocycles. The lowest BCUT2D eigenvalue weighted by Crippen LogP contribution is -2.42. The quantitative estimate of drug-likeness (QED) is 0.826. The summed E-state index contributed by atoms with van der Waals surface area (Å²) in [5.74, 6) is -0.313. The molecule has 5 nitrogen and oxygen atoms in total. The Hall–Kier alpha value is -1.41. The number of aromatic nitrogens is 2. The molecule has 0 bridgehead atoms. The van der Waals surface area contributed by atoms with Crippen molar-refractivity contribution in [1.29, 1.82) is 0 Å². The standard InChI is InChI=1S/C15H20FN3O2S/c1-15(2,3)22(21)18-14(10-20)11-8-17-19(9-11)13-6-4-12(16)5-7-13/h4-9,14,18,20H,10H2,1-3H3/t14-,22+/m0/s1. The third kappa shape index (κ3) is 4.07. The van der Waals surface area contributed by atoms with Crippen molar-refractivity contribution in [2.24, 2.45) is 0 Å². The van der Waals surface area contributed by atoms with Gasteiger partial charge < -0.3 is 9.66 Å². The van der Waals surface area contributed by atoms with Crippen LogP contribution in [0.3, 0.4) is 0 Å². The third-order valence-electron chi connectivity index (χ3n) is 3.08. The Balaban J connectivity index is 2.16. The Morgan fingerprint density at radius 1 is 1.36 bits per heavy atom. The molecule has 120 valence electrons. The minimum Gasteiger partial charge on any atom is -0.598 e. The van der Waals surface area contributed by atoms with E-state index in [9.17, 15) is 14.0 Å². The highest BCUT2D eigenvalue weighted by Crippen LogP contribution is 2.20. The summed E-state index contributed by atoms with van der Waals surface area (Å²) in [4.78, 5) is 0. The number of hydrogen-bond acceptors (Lipinski definition) is 4. The first-order chi connectivity index (χ1) is 10.3. The summed E-state index contributed by atoms with van der Waals surface area (Å²) >= 11 is -1.30. The van der Waals surface area contributed by atoms with Gasteiger partial charge >= 0.3 is 0 Å². The lowest BCUT2D eigenvalue weighted by atomic mass is 10.2. The van der Waals surface area contributed by atoms with Gasteiger partial charge in [0.1, 0.15) is 16.6 Å². The van der Waals surface area contributed by atoms with E-state index in [2.05, 4.69) is 9.82 Å². The molecule has 0 aliphatic heterocycles. The van der Waals surface area contributed by atoms with Crippen LogP contribution in [0, 0.1) is 5.82 Å². The maximum atomic E-state index is 12.9. The van der Waals surface area contributed by atoms with Crippen molar-refractivity contribution >= 4 is 11.4 Å². The highest BCUT2D eigenvalue weighted by Gasteiger charge is 2.30. The minimum atomic E-state index is -1.30. The molecular formula is C15H20FN3O2S. The first-order valence-corrected chi connectivity index (χ1v) is 8.05. The normalized spacial score (nSPS) is 14.8. The van der Waals surface area contributed by atoms with Crippen LogP contribution in [-0.4, -0.2) is 30.8 Å². The van der Waals surface area contributed by atoms with Crippen molar-refractivity contribution in [2.45, 2.75) is 31.6 Å². The molecule has 0 unspecified atom stereocenters. The molecule has 0 radical (unpaired) electrons. The predicted octanol–water partition coefficient (Wildman–Crippen LogP) is 2.10. The van der Waals surface area contributed by atoms with E-state index in [0.717, 1.165) is 0 Å². The van der Waals surface area contributed by atoms with Crippen molar-refractivity contribution in [3.8, 4) is 5.69 Å². The maximum absolute atomic E-state index is 12.9.